The molecule has 2 aromatic carbocycles. The maximum Gasteiger partial charge on any atom is 0.243 e. The number of hydrazone groups is 2. The molecule has 2 fully saturated rings. The lowest BCUT2D eigenvalue weighted by molar-refractivity contribution is -0.123. The van der Waals surface area contributed by atoms with E-state index in [2.05, 4.69) is 111 Å². The molecule has 0 radical (unpaired) electrons. The minimum Gasteiger partial charge on any atom is -0.273 e. The number of hydrogen-bond acceptors (Lipinski definition) is 4. The van der Waals surface area contributed by atoms with Crippen molar-refractivity contribution in [3.05, 3.63) is 70.8 Å². The van der Waals surface area contributed by atoms with Crippen LogP contribution in [0.5, 0.6) is 0 Å². The molecule has 2 aromatic rings. The zero-order valence-corrected chi connectivity index (χ0v) is 22.2. The van der Waals surface area contributed by atoms with Gasteiger partial charge in [-0.1, -0.05) is 90.1 Å². The summed E-state index contributed by atoms with van der Waals surface area (Å²) >= 11 is 0. The molecule has 0 saturated heterocycles. The van der Waals surface area contributed by atoms with Gasteiger partial charge in [0.2, 0.25) is 11.8 Å². The van der Waals surface area contributed by atoms with Crippen molar-refractivity contribution in [2.75, 3.05) is 0 Å². The highest BCUT2D eigenvalue weighted by atomic mass is 16.2. The van der Waals surface area contributed by atoms with E-state index in [0.29, 0.717) is 0 Å². The molecule has 190 valence electrons. The zero-order valence-electron chi connectivity index (χ0n) is 22.2. The Morgan fingerprint density at radius 1 is 0.667 bits per heavy atom. The summed E-state index contributed by atoms with van der Waals surface area (Å²) < 4.78 is 0. The number of hydrogen-bond donors (Lipinski definition) is 2. The van der Waals surface area contributed by atoms with E-state index in [4.69, 9.17) is 0 Å². The Morgan fingerprint density at radius 3 is 1.31 bits per heavy atom. The summed E-state index contributed by atoms with van der Waals surface area (Å²) in [5, 5.41) is 7.86. The summed E-state index contributed by atoms with van der Waals surface area (Å²) in [5.41, 5.74) is 10.3. The smallest absolute Gasteiger partial charge is 0.243 e. The highest BCUT2D eigenvalue weighted by molar-refractivity contribution is 6.16. The van der Waals surface area contributed by atoms with Crippen molar-refractivity contribution in [3.63, 3.8) is 0 Å². The lowest BCUT2D eigenvalue weighted by Crippen LogP contribution is -2.21. The lowest BCUT2D eigenvalue weighted by atomic mass is 9.86. The van der Waals surface area contributed by atoms with Crippen molar-refractivity contribution in [2.45, 2.75) is 77.0 Å². The number of carbonyl (C=O) groups is 2. The minimum atomic E-state index is -0.0908. The van der Waals surface area contributed by atoms with Crippen molar-refractivity contribution in [1.82, 2.24) is 10.9 Å². The summed E-state index contributed by atoms with van der Waals surface area (Å²) in [4.78, 5) is 24.7. The maximum atomic E-state index is 12.4. The molecule has 4 rings (SSSR count). The van der Waals surface area contributed by atoms with Gasteiger partial charge in [-0.25, -0.2) is 10.9 Å². The molecule has 2 aliphatic carbocycles. The van der Waals surface area contributed by atoms with Crippen LogP contribution in [0.1, 0.15) is 88.5 Å². The average molecular weight is 487 g/mol. The Hall–Kier alpha value is -3.28. The Kier molecular flexibility index (Phi) is 7.17. The third kappa shape index (κ3) is 6.28. The topological polar surface area (TPSA) is 82.9 Å². The first-order valence-electron chi connectivity index (χ1n) is 12.8. The summed E-state index contributed by atoms with van der Waals surface area (Å²) in [6, 6.07) is 17.1. The predicted octanol–water partition coefficient (Wildman–Crippen LogP) is 5.39. The second kappa shape index (κ2) is 10.00. The van der Waals surface area contributed by atoms with Crippen molar-refractivity contribution in [3.8, 4) is 0 Å². The van der Waals surface area contributed by atoms with Crippen LogP contribution in [0, 0.1) is 11.8 Å². The minimum absolute atomic E-state index is 0.0523. The van der Waals surface area contributed by atoms with Crippen molar-refractivity contribution in [1.29, 1.82) is 0 Å². The third-order valence-electron chi connectivity index (χ3n) is 7.23. The Labute approximate surface area is 214 Å². The average Bonchev–Trinajstić information content (AvgIpc) is 3.74. The quantitative estimate of drug-likeness (QED) is 0.406. The van der Waals surface area contributed by atoms with Crippen LogP contribution in [-0.2, 0) is 20.4 Å². The standard InChI is InChI=1S/C30H38N4O2/c1-29(2,3)21-11-7-19(8-12-21)23-17-25(23)27(35)33-31-15-16-32-34-28(36)26-18-24(26)20-9-13-22(14-10-20)30(4,5)6/h7-16,23-26H,17-18H2,1-6H3,(H,33,35)(H,34,36)/b31-15-,32-16-/t23-,24-,25-,26+/m0/s1. The van der Waals surface area contributed by atoms with Gasteiger partial charge in [0, 0.05) is 11.8 Å². The van der Waals surface area contributed by atoms with Crippen molar-refractivity contribution in [2.24, 2.45) is 22.0 Å². The fourth-order valence-corrected chi connectivity index (χ4v) is 4.60. The maximum absolute atomic E-state index is 12.4. The molecule has 0 heterocycles. The molecule has 4 atom stereocenters. The van der Waals surface area contributed by atoms with Gasteiger partial charge in [-0.3, -0.25) is 9.59 Å². The molecule has 6 nitrogen and oxygen atoms in total. The molecule has 6 heteroatoms. The number of amides is 2. The van der Waals surface area contributed by atoms with Crippen LogP contribution in [0.4, 0.5) is 0 Å². The summed E-state index contributed by atoms with van der Waals surface area (Å²) in [6.07, 6.45) is 4.43. The molecule has 0 aliphatic heterocycles. The molecule has 36 heavy (non-hydrogen) atoms. The van der Waals surface area contributed by atoms with Crippen LogP contribution < -0.4 is 10.9 Å². The lowest BCUT2D eigenvalue weighted by Gasteiger charge is -2.19. The molecule has 2 aliphatic rings. The number of nitrogens with zero attached hydrogens (tertiary/aromatic N) is 2. The first kappa shape index (κ1) is 25.8. The molecule has 0 aromatic heterocycles. The molecular weight excluding hydrogens is 448 g/mol. The van der Waals surface area contributed by atoms with E-state index in [9.17, 15) is 9.59 Å². The van der Waals surface area contributed by atoms with Gasteiger partial charge in [0.05, 0.1) is 12.4 Å². The molecular formula is C30H38N4O2. The highest BCUT2D eigenvalue weighted by Gasteiger charge is 2.44. The number of carbonyl (C=O) groups excluding carboxylic acids is 2. The molecule has 0 spiro atoms. The second-order valence-electron chi connectivity index (χ2n) is 12.1. The zero-order chi connectivity index (χ0) is 26.1. The monoisotopic (exact) mass is 486 g/mol. The Bertz CT molecular complexity index is 1060. The summed E-state index contributed by atoms with van der Waals surface area (Å²) in [6.45, 7) is 13.2. The molecule has 2 amide bonds. The highest BCUT2D eigenvalue weighted by Crippen LogP contribution is 2.48. The van der Waals surface area contributed by atoms with Crippen LogP contribution in [0.15, 0.2) is 58.7 Å². The van der Waals surface area contributed by atoms with E-state index in [1.807, 2.05) is 0 Å². The van der Waals surface area contributed by atoms with Gasteiger partial charge in [-0.05, 0) is 57.8 Å². The molecule has 2 N–H and O–H groups in total. The Morgan fingerprint density at radius 2 is 1.00 bits per heavy atom. The summed E-state index contributed by atoms with van der Waals surface area (Å²) in [7, 11) is 0. The van der Waals surface area contributed by atoms with Gasteiger partial charge in [0.25, 0.3) is 0 Å². The first-order chi connectivity index (χ1) is 16.9. The van der Waals surface area contributed by atoms with Crippen LogP contribution >= 0.6 is 0 Å². The van der Waals surface area contributed by atoms with Gasteiger partial charge in [0.1, 0.15) is 0 Å². The van der Waals surface area contributed by atoms with Crippen LogP contribution in [-0.4, -0.2) is 24.2 Å². The van der Waals surface area contributed by atoms with Gasteiger partial charge in [-0.2, -0.15) is 10.2 Å². The second-order valence-corrected chi connectivity index (χ2v) is 12.1. The molecule has 0 bridgehead atoms. The number of nitrogens with one attached hydrogen (secondary N) is 2. The largest absolute Gasteiger partial charge is 0.273 e. The van der Waals surface area contributed by atoms with Gasteiger partial charge in [0.15, 0.2) is 0 Å². The van der Waals surface area contributed by atoms with E-state index in [1.54, 1.807) is 0 Å². The SMILES string of the molecule is CC(C)(C)c1ccc([C@@H]2C[C@@H]2C(=O)N/N=C\C=N/NC(=O)[C@@H]2C[C@H]2c2ccc(C(C)(C)C)cc2)cc1. The van der Waals surface area contributed by atoms with Crippen LogP contribution in [0.2, 0.25) is 0 Å². The fraction of sp³-hybridized carbons (Fsp3) is 0.467. The van der Waals surface area contributed by atoms with Crippen molar-refractivity contribution >= 4 is 24.2 Å². The number of benzene rings is 2. The molecule has 2 saturated carbocycles. The fourth-order valence-electron chi connectivity index (χ4n) is 4.60. The summed E-state index contributed by atoms with van der Waals surface area (Å²) in [5.74, 6) is 0.211. The van der Waals surface area contributed by atoms with E-state index in [-0.39, 0.29) is 46.3 Å². The van der Waals surface area contributed by atoms with Crippen LogP contribution in [0.3, 0.4) is 0 Å². The van der Waals surface area contributed by atoms with Gasteiger partial charge >= 0.3 is 0 Å². The molecule has 0 unspecified atom stereocenters. The van der Waals surface area contributed by atoms with E-state index < -0.39 is 0 Å². The normalized spacial score (nSPS) is 23.6. The van der Waals surface area contributed by atoms with Gasteiger partial charge < -0.3 is 0 Å². The Balaban J connectivity index is 1.16. The van der Waals surface area contributed by atoms with Crippen LogP contribution in [0.25, 0.3) is 0 Å². The number of rotatable bonds is 7. The first-order valence-corrected chi connectivity index (χ1v) is 12.8. The van der Waals surface area contributed by atoms with E-state index in [0.717, 1.165) is 12.8 Å². The van der Waals surface area contributed by atoms with Gasteiger partial charge in [-0.15, -0.1) is 0 Å². The van der Waals surface area contributed by atoms with E-state index in [1.165, 1.54) is 34.7 Å². The predicted molar refractivity (Wildman–Crippen MR) is 145 cm³/mol. The van der Waals surface area contributed by atoms with E-state index >= 15 is 0 Å². The van der Waals surface area contributed by atoms with Crippen molar-refractivity contribution < 1.29 is 9.59 Å². The third-order valence-corrected chi connectivity index (χ3v) is 7.23.